The average Bonchev–Trinajstić information content (AvgIpc) is 2.96. The summed E-state index contributed by atoms with van der Waals surface area (Å²) in [7, 11) is -3.83. The second-order valence-electron chi connectivity index (χ2n) is 6.32. The van der Waals surface area contributed by atoms with Gasteiger partial charge in [-0.15, -0.1) is 11.6 Å². The lowest BCUT2D eigenvalue weighted by atomic mass is 10.00. The predicted octanol–water partition coefficient (Wildman–Crippen LogP) is 1.95. The van der Waals surface area contributed by atoms with Crippen LogP contribution < -0.4 is 10.0 Å². The van der Waals surface area contributed by atoms with Gasteiger partial charge in [-0.3, -0.25) is 5.32 Å². The number of rotatable bonds is 3. The molecule has 4 atom stereocenters. The van der Waals surface area contributed by atoms with Crippen molar-refractivity contribution in [1.82, 2.24) is 14.7 Å². The van der Waals surface area contributed by atoms with Crippen LogP contribution in [0.2, 0.25) is 0 Å². The van der Waals surface area contributed by atoms with Crippen LogP contribution in [0.15, 0.2) is 6.07 Å². The van der Waals surface area contributed by atoms with Gasteiger partial charge in [0, 0.05) is 11.4 Å². The van der Waals surface area contributed by atoms with E-state index in [9.17, 15) is 13.2 Å². The number of carbonyl (C=O) groups excluding carboxylic acids is 1. The largest absolute Gasteiger partial charge is 0.335 e. The number of alkyl halides is 1. The molecule has 23 heavy (non-hydrogen) atoms. The fraction of sp³-hybridized carbons (Fsp3) is 0.643. The highest BCUT2D eigenvalue weighted by molar-refractivity contribution is 7.90. The highest BCUT2D eigenvalue weighted by Gasteiger charge is 2.53. The number of amides is 2. The van der Waals surface area contributed by atoms with Gasteiger partial charge in [-0.25, -0.2) is 27.9 Å². The summed E-state index contributed by atoms with van der Waals surface area (Å²) in [5.74, 6) is 0.338. The first-order valence-electron chi connectivity index (χ1n) is 7.55. The van der Waals surface area contributed by atoms with E-state index < -0.39 is 26.7 Å². The van der Waals surface area contributed by atoms with E-state index in [-0.39, 0.29) is 17.8 Å². The van der Waals surface area contributed by atoms with E-state index in [1.54, 1.807) is 19.9 Å². The van der Waals surface area contributed by atoms with E-state index in [1.165, 1.54) is 0 Å². The molecule has 126 valence electrons. The quantitative estimate of drug-likeness (QED) is 0.804. The molecule has 2 amide bonds. The number of hydrogen-bond donors (Lipinski definition) is 2. The molecule has 1 heterocycles. The van der Waals surface area contributed by atoms with Crippen molar-refractivity contribution in [2.75, 3.05) is 5.32 Å². The van der Waals surface area contributed by atoms with Gasteiger partial charge in [0.25, 0.3) is 0 Å². The Morgan fingerprint density at radius 3 is 2.39 bits per heavy atom. The summed E-state index contributed by atoms with van der Waals surface area (Å²) in [6.45, 7) is 3.53. The summed E-state index contributed by atoms with van der Waals surface area (Å²) in [5.41, 5.74) is 1.37. The molecule has 2 fully saturated rings. The number of aromatic nitrogens is 2. The van der Waals surface area contributed by atoms with Gasteiger partial charge in [0.15, 0.2) is 0 Å². The van der Waals surface area contributed by atoms with Gasteiger partial charge in [0.1, 0.15) is 0 Å². The predicted molar refractivity (Wildman–Crippen MR) is 86.8 cm³/mol. The zero-order chi connectivity index (χ0) is 16.8. The molecule has 1 aromatic rings. The lowest BCUT2D eigenvalue weighted by molar-refractivity contribution is 0.256. The van der Waals surface area contributed by atoms with E-state index in [2.05, 4.69) is 20.0 Å². The lowest BCUT2D eigenvalue weighted by Gasteiger charge is -2.26. The van der Waals surface area contributed by atoms with E-state index in [1.807, 2.05) is 0 Å². The van der Waals surface area contributed by atoms with Crippen molar-refractivity contribution in [1.29, 1.82) is 0 Å². The summed E-state index contributed by atoms with van der Waals surface area (Å²) in [6, 6.07) is 0.898. The van der Waals surface area contributed by atoms with Crippen molar-refractivity contribution in [2.45, 2.75) is 43.7 Å². The van der Waals surface area contributed by atoms with Crippen LogP contribution in [0.1, 0.15) is 30.7 Å². The molecule has 0 spiro atoms. The van der Waals surface area contributed by atoms with E-state index in [0.717, 1.165) is 19.3 Å². The van der Waals surface area contributed by atoms with E-state index >= 15 is 0 Å². The van der Waals surface area contributed by atoms with Crippen molar-refractivity contribution < 1.29 is 13.2 Å². The molecular formula is C14H19ClN4O3S. The molecule has 2 aliphatic rings. The van der Waals surface area contributed by atoms with Crippen LogP contribution in [0.25, 0.3) is 0 Å². The first-order chi connectivity index (χ1) is 10.8. The summed E-state index contributed by atoms with van der Waals surface area (Å²) in [4.78, 5) is 20.1. The molecule has 0 aromatic carbocycles. The fourth-order valence-corrected chi connectivity index (χ4v) is 6.30. The van der Waals surface area contributed by atoms with Gasteiger partial charge >= 0.3 is 6.03 Å². The number of urea groups is 1. The fourth-order valence-electron chi connectivity index (χ4n) is 3.70. The van der Waals surface area contributed by atoms with E-state index in [4.69, 9.17) is 11.6 Å². The maximum absolute atomic E-state index is 12.5. The average molecular weight is 359 g/mol. The SMILES string of the molecule is Cc1cc(C)nc(NC(=O)NS(=O)(=O)C2C3CCC(C3)C2Cl)n1. The van der Waals surface area contributed by atoms with Crippen LogP contribution >= 0.6 is 11.6 Å². The number of hydrogen-bond acceptors (Lipinski definition) is 5. The zero-order valence-corrected chi connectivity index (χ0v) is 14.5. The molecule has 0 radical (unpaired) electrons. The van der Waals surface area contributed by atoms with Crippen molar-refractivity contribution in [2.24, 2.45) is 11.8 Å². The van der Waals surface area contributed by atoms with Gasteiger partial charge in [0.05, 0.1) is 10.6 Å². The van der Waals surface area contributed by atoms with Gasteiger partial charge in [-0.05, 0) is 51.0 Å². The van der Waals surface area contributed by atoms with Crippen LogP contribution in [-0.4, -0.2) is 35.0 Å². The van der Waals surface area contributed by atoms with Crippen LogP contribution in [0.3, 0.4) is 0 Å². The third-order valence-electron chi connectivity index (χ3n) is 4.54. The Balaban J connectivity index is 1.69. The van der Waals surface area contributed by atoms with Crippen LogP contribution in [-0.2, 0) is 10.0 Å². The molecule has 3 rings (SSSR count). The number of fused-ring (bicyclic) bond motifs is 2. The highest BCUT2D eigenvalue weighted by Crippen LogP contribution is 2.49. The van der Waals surface area contributed by atoms with Crippen molar-refractivity contribution in [3.63, 3.8) is 0 Å². The topological polar surface area (TPSA) is 101 Å². The molecule has 2 aliphatic carbocycles. The molecule has 2 saturated carbocycles. The Bertz CT molecular complexity index is 717. The zero-order valence-electron chi connectivity index (χ0n) is 12.9. The smallest absolute Gasteiger partial charge is 0.275 e. The Hall–Kier alpha value is -1.41. The summed E-state index contributed by atoms with van der Waals surface area (Å²) < 4.78 is 27.0. The maximum atomic E-state index is 12.5. The highest BCUT2D eigenvalue weighted by atomic mass is 35.5. The molecule has 9 heteroatoms. The summed E-state index contributed by atoms with van der Waals surface area (Å²) in [5, 5.41) is 1.22. The minimum Gasteiger partial charge on any atom is -0.275 e. The normalized spacial score (nSPS) is 29.5. The minimum absolute atomic E-state index is 0.0327. The Morgan fingerprint density at radius 2 is 1.83 bits per heavy atom. The second kappa shape index (κ2) is 5.90. The van der Waals surface area contributed by atoms with Gasteiger partial charge in [0.2, 0.25) is 16.0 Å². The molecule has 7 nitrogen and oxygen atoms in total. The molecule has 0 aliphatic heterocycles. The monoisotopic (exact) mass is 358 g/mol. The van der Waals surface area contributed by atoms with Crippen molar-refractivity contribution in [3.8, 4) is 0 Å². The van der Waals surface area contributed by atoms with Crippen molar-refractivity contribution >= 4 is 33.6 Å². The lowest BCUT2D eigenvalue weighted by Crippen LogP contribution is -2.46. The van der Waals surface area contributed by atoms with Gasteiger partial charge in [-0.2, -0.15) is 0 Å². The van der Waals surface area contributed by atoms with Crippen LogP contribution in [0.4, 0.5) is 10.7 Å². The first kappa shape index (κ1) is 16.4. The minimum atomic E-state index is -3.83. The van der Waals surface area contributed by atoms with Gasteiger partial charge in [-0.1, -0.05) is 0 Å². The number of nitrogens with zero attached hydrogens (tertiary/aromatic N) is 2. The van der Waals surface area contributed by atoms with E-state index in [0.29, 0.717) is 11.4 Å². The molecule has 2 N–H and O–H groups in total. The molecule has 2 bridgehead atoms. The number of aryl methyl sites for hydroxylation is 2. The summed E-state index contributed by atoms with van der Waals surface area (Å²) in [6.07, 6.45) is 2.64. The Kier molecular flexibility index (Phi) is 4.22. The number of sulfonamides is 1. The van der Waals surface area contributed by atoms with Crippen molar-refractivity contribution in [3.05, 3.63) is 17.5 Å². The Labute approximate surface area is 140 Å². The standard InChI is InChI=1S/C14H19ClN4O3S/c1-7-5-8(2)17-13(16-7)18-14(20)19-23(21,22)12-10-4-3-9(6-10)11(12)15/h5,9-12H,3-4,6H2,1-2H3,(H2,16,17,18,19,20). The molecular weight excluding hydrogens is 340 g/mol. The molecule has 4 unspecified atom stereocenters. The first-order valence-corrected chi connectivity index (χ1v) is 9.53. The number of nitrogens with one attached hydrogen (secondary N) is 2. The van der Waals surface area contributed by atoms with Crippen LogP contribution in [0.5, 0.6) is 0 Å². The second-order valence-corrected chi connectivity index (χ2v) is 8.66. The third-order valence-corrected chi connectivity index (χ3v) is 7.19. The maximum Gasteiger partial charge on any atom is 0.335 e. The number of carbonyl (C=O) groups is 1. The molecule has 0 saturated heterocycles. The van der Waals surface area contributed by atoms with Crippen LogP contribution in [0, 0.1) is 25.7 Å². The number of halogens is 1. The summed E-state index contributed by atoms with van der Waals surface area (Å²) >= 11 is 6.27. The van der Waals surface area contributed by atoms with Gasteiger partial charge < -0.3 is 0 Å². The number of anilines is 1. The third kappa shape index (κ3) is 3.28. The Morgan fingerprint density at radius 1 is 1.22 bits per heavy atom. The molecule has 1 aromatic heterocycles.